The lowest BCUT2D eigenvalue weighted by Gasteiger charge is -2.27. The van der Waals surface area contributed by atoms with Gasteiger partial charge in [0.05, 0.1) is 19.3 Å². The van der Waals surface area contributed by atoms with Gasteiger partial charge in [-0.05, 0) is 49.1 Å². The lowest BCUT2D eigenvalue weighted by Crippen LogP contribution is -2.22. The molecule has 2 unspecified atom stereocenters. The Morgan fingerprint density at radius 3 is 2.52 bits per heavy atom. The van der Waals surface area contributed by atoms with Crippen LogP contribution in [0.2, 0.25) is 0 Å². The molecule has 0 aliphatic carbocycles. The molecule has 2 aromatic rings. The van der Waals surface area contributed by atoms with Crippen LogP contribution in [0.15, 0.2) is 49.1 Å². The highest BCUT2D eigenvalue weighted by atomic mass is 19.2. The summed E-state index contributed by atoms with van der Waals surface area (Å²) in [6, 6.07) is 10.7. The number of unbranched alkanes of at least 4 members (excludes halogenated alkanes) is 1. The maximum absolute atomic E-state index is 14.3. The van der Waals surface area contributed by atoms with E-state index in [1.165, 1.54) is 17.7 Å². The van der Waals surface area contributed by atoms with Gasteiger partial charge >= 0.3 is 0 Å². The van der Waals surface area contributed by atoms with E-state index in [0.29, 0.717) is 24.9 Å². The maximum atomic E-state index is 14.3. The zero-order chi connectivity index (χ0) is 20.6. The molecule has 2 atom stereocenters. The SMILES string of the molecule is C=CC1CCC(c2ccc(OCc3ccc(OCCCC)c(F)c3F)cc2)CO1. The second kappa shape index (κ2) is 10.4. The fraction of sp³-hybridized carbons (Fsp3) is 0.417. The standard InChI is InChI=1S/C24H28F2O3/c1-3-5-14-27-22-13-9-19(23(25)24(22)26)16-29-21-11-6-17(7-12-21)18-8-10-20(4-2)28-15-18/h4,6-7,9,11-13,18,20H,2-3,5,8,10,14-16H2,1H3. The first-order valence-electron chi connectivity index (χ1n) is 10.2. The molecule has 1 aliphatic rings. The number of ether oxygens (including phenoxy) is 3. The van der Waals surface area contributed by atoms with Crippen LogP contribution >= 0.6 is 0 Å². The minimum atomic E-state index is -0.965. The van der Waals surface area contributed by atoms with Gasteiger partial charge in [0, 0.05) is 11.5 Å². The van der Waals surface area contributed by atoms with Crippen LogP contribution in [0.5, 0.6) is 11.5 Å². The molecule has 29 heavy (non-hydrogen) atoms. The van der Waals surface area contributed by atoms with E-state index in [2.05, 4.69) is 6.58 Å². The summed E-state index contributed by atoms with van der Waals surface area (Å²) in [5.74, 6) is -0.985. The summed E-state index contributed by atoms with van der Waals surface area (Å²) in [7, 11) is 0. The van der Waals surface area contributed by atoms with Gasteiger partial charge in [-0.2, -0.15) is 4.39 Å². The predicted octanol–water partition coefficient (Wildman–Crippen LogP) is 6.17. The molecule has 156 valence electrons. The normalized spacial score (nSPS) is 19.0. The van der Waals surface area contributed by atoms with Gasteiger partial charge in [0.25, 0.3) is 0 Å². The van der Waals surface area contributed by atoms with Gasteiger partial charge in [0.2, 0.25) is 5.82 Å². The highest BCUT2D eigenvalue weighted by Crippen LogP contribution is 2.30. The molecule has 0 N–H and O–H groups in total. The molecule has 0 amide bonds. The van der Waals surface area contributed by atoms with E-state index in [1.807, 2.05) is 37.3 Å². The molecule has 5 heteroatoms. The van der Waals surface area contributed by atoms with Crippen LogP contribution in [0.1, 0.15) is 49.7 Å². The second-order valence-corrected chi connectivity index (χ2v) is 7.29. The van der Waals surface area contributed by atoms with Crippen molar-refractivity contribution in [1.29, 1.82) is 0 Å². The number of halogens is 2. The van der Waals surface area contributed by atoms with E-state index in [1.54, 1.807) is 0 Å². The highest BCUT2D eigenvalue weighted by Gasteiger charge is 2.21. The van der Waals surface area contributed by atoms with Crippen LogP contribution in [-0.4, -0.2) is 19.3 Å². The van der Waals surface area contributed by atoms with E-state index >= 15 is 0 Å². The van der Waals surface area contributed by atoms with E-state index in [4.69, 9.17) is 14.2 Å². The molecule has 1 heterocycles. The van der Waals surface area contributed by atoms with Crippen molar-refractivity contribution in [3.05, 3.63) is 71.8 Å². The van der Waals surface area contributed by atoms with Gasteiger partial charge in [0.1, 0.15) is 12.4 Å². The molecule has 1 aliphatic heterocycles. The average molecular weight is 402 g/mol. The highest BCUT2D eigenvalue weighted by molar-refractivity contribution is 5.33. The van der Waals surface area contributed by atoms with Crippen LogP contribution in [0, 0.1) is 11.6 Å². The first-order chi connectivity index (χ1) is 14.1. The lowest BCUT2D eigenvalue weighted by atomic mass is 9.91. The summed E-state index contributed by atoms with van der Waals surface area (Å²) >= 11 is 0. The van der Waals surface area contributed by atoms with Gasteiger partial charge in [-0.3, -0.25) is 0 Å². The van der Waals surface area contributed by atoms with Crippen molar-refractivity contribution in [3.8, 4) is 11.5 Å². The maximum Gasteiger partial charge on any atom is 0.201 e. The Morgan fingerprint density at radius 1 is 1.07 bits per heavy atom. The smallest absolute Gasteiger partial charge is 0.201 e. The predicted molar refractivity (Wildman–Crippen MR) is 109 cm³/mol. The quantitative estimate of drug-likeness (QED) is 0.371. The first kappa shape index (κ1) is 21.3. The average Bonchev–Trinajstić information content (AvgIpc) is 2.77. The Hall–Kier alpha value is -2.40. The summed E-state index contributed by atoms with van der Waals surface area (Å²) in [5.41, 5.74) is 1.34. The monoisotopic (exact) mass is 402 g/mol. The lowest BCUT2D eigenvalue weighted by molar-refractivity contribution is 0.0329. The van der Waals surface area contributed by atoms with E-state index in [0.717, 1.165) is 25.7 Å². The Bertz CT molecular complexity index is 797. The molecule has 3 nitrogen and oxygen atoms in total. The second-order valence-electron chi connectivity index (χ2n) is 7.29. The van der Waals surface area contributed by atoms with Crippen LogP contribution in [0.4, 0.5) is 8.78 Å². The van der Waals surface area contributed by atoms with Crippen molar-refractivity contribution in [2.75, 3.05) is 13.2 Å². The molecule has 0 saturated carbocycles. The zero-order valence-corrected chi connectivity index (χ0v) is 16.8. The van der Waals surface area contributed by atoms with E-state index < -0.39 is 11.6 Å². The molecule has 0 aromatic heterocycles. The molecular weight excluding hydrogens is 374 g/mol. The van der Waals surface area contributed by atoms with Crippen LogP contribution < -0.4 is 9.47 Å². The summed E-state index contributed by atoms with van der Waals surface area (Å²) < 4.78 is 45.1. The fourth-order valence-electron chi connectivity index (χ4n) is 3.34. The minimum absolute atomic E-state index is 0.0507. The van der Waals surface area contributed by atoms with Crippen molar-refractivity contribution >= 4 is 0 Å². The molecule has 0 spiro atoms. The first-order valence-corrected chi connectivity index (χ1v) is 10.2. The fourth-order valence-corrected chi connectivity index (χ4v) is 3.34. The summed E-state index contributed by atoms with van der Waals surface area (Å²) in [4.78, 5) is 0. The number of benzene rings is 2. The van der Waals surface area contributed by atoms with Gasteiger partial charge in [-0.1, -0.05) is 31.6 Å². The zero-order valence-electron chi connectivity index (χ0n) is 16.8. The van der Waals surface area contributed by atoms with Crippen molar-refractivity contribution in [1.82, 2.24) is 0 Å². The van der Waals surface area contributed by atoms with Crippen LogP contribution in [-0.2, 0) is 11.3 Å². The van der Waals surface area contributed by atoms with E-state index in [9.17, 15) is 8.78 Å². The molecule has 0 bridgehead atoms. The van der Waals surface area contributed by atoms with Crippen molar-refractivity contribution in [2.45, 2.75) is 51.2 Å². The van der Waals surface area contributed by atoms with Crippen LogP contribution in [0.25, 0.3) is 0 Å². The third kappa shape index (κ3) is 5.57. The van der Waals surface area contributed by atoms with E-state index in [-0.39, 0.29) is 24.0 Å². The van der Waals surface area contributed by atoms with Crippen molar-refractivity contribution in [2.24, 2.45) is 0 Å². The number of rotatable bonds is 9. The molecule has 3 rings (SSSR count). The van der Waals surface area contributed by atoms with Gasteiger partial charge in [-0.15, -0.1) is 6.58 Å². The molecule has 1 fully saturated rings. The largest absolute Gasteiger partial charge is 0.490 e. The third-order valence-electron chi connectivity index (χ3n) is 5.20. The summed E-state index contributed by atoms with van der Waals surface area (Å²) in [6.45, 7) is 6.78. The number of hydrogen-bond acceptors (Lipinski definition) is 3. The Balaban J connectivity index is 1.56. The Kier molecular flexibility index (Phi) is 7.64. The molecular formula is C24H28F2O3. The number of hydrogen-bond donors (Lipinski definition) is 0. The Labute approximate surface area is 171 Å². The van der Waals surface area contributed by atoms with Gasteiger partial charge < -0.3 is 14.2 Å². The van der Waals surface area contributed by atoms with Crippen LogP contribution in [0.3, 0.4) is 0 Å². The Morgan fingerprint density at radius 2 is 1.86 bits per heavy atom. The minimum Gasteiger partial charge on any atom is -0.490 e. The topological polar surface area (TPSA) is 27.7 Å². The molecule has 2 aromatic carbocycles. The van der Waals surface area contributed by atoms with Gasteiger partial charge in [0.15, 0.2) is 11.6 Å². The van der Waals surface area contributed by atoms with Crippen molar-refractivity contribution in [3.63, 3.8) is 0 Å². The third-order valence-corrected chi connectivity index (χ3v) is 5.20. The molecule has 1 saturated heterocycles. The van der Waals surface area contributed by atoms with Crippen molar-refractivity contribution < 1.29 is 23.0 Å². The van der Waals surface area contributed by atoms with Gasteiger partial charge in [-0.25, -0.2) is 4.39 Å². The summed E-state index contributed by atoms with van der Waals surface area (Å²) in [6.07, 6.45) is 5.73. The molecule has 0 radical (unpaired) electrons. The summed E-state index contributed by atoms with van der Waals surface area (Å²) in [5, 5.41) is 0.